The fourth-order valence-corrected chi connectivity index (χ4v) is 2.55. The molecule has 0 saturated heterocycles. The first-order valence-electron chi connectivity index (χ1n) is 7.68. The molecular weight excluding hydrogens is 290 g/mol. The van der Waals surface area contributed by atoms with Gasteiger partial charge in [-0.15, -0.1) is 0 Å². The number of hydrogen-bond acceptors (Lipinski definition) is 4. The van der Waals surface area contributed by atoms with E-state index in [1.807, 2.05) is 36.4 Å². The van der Waals surface area contributed by atoms with Gasteiger partial charge in [0.05, 0.1) is 23.2 Å². The van der Waals surface area contributed by atoms with E-state index >= 15 is 0 Å². The highest BCUT2D eigenvalue weighted by Gasteiger charge is 2.11. The van der Waals surface area contributed by atoms with Crippen LogP contribution >= 0.6 is 0 Å². The average molecular weight is 309 g/mol. The van der Waals surface area contributed by atoms with Crippen molar-refractivity contribution in [2.75, 3.05) is 26.2 Å². The topological polar surface area (TPSA) is 74.2 Å². The molecule has 118 valence electrons. The molecule has 0 radical (unpaired) electrons. The molecule has 2 aromatic carbocycles. The largest absolute Gasteiger partial charge is 0.395 e. The van der Waals surface area contributed by atoms with Crippen LogP contribution < -0.4 is 10.6 Å². The molecule has 5 heteroatoms. The van der Waals surface area contributed by atoms with Crippen molar-refractivity contribution in [3.8, 4) is 0 Å². The fourth-order valence-electron chi connectivity index (χ4n) is 2.55. The molecule has 0 aliphatic carbocycles. The minimum atomic E-state index is -0.135. The van der Waals surface area contributed by atoms with Crippen LogP contribution in [0.2, 0.25) is 0 Å². The number of carbonyl (C=O) groups excluding carboxylic acids is 1. The second-order valence-corrected chi connectivity index (χ2v) is 5.29. The summed E-state index contributed by atoms with van der Waals surface area (Å²) in [5, 5.41) is 16.6. The Kier molecular flexibility index (Phi) is 4.80. The number of nitrogens with one attached hydrogen (secondary N) is 2. The average Bonchev–Trinajstić information content (AvgIpc) is 2.59. The summed E-state index contributed by atoms with van der Waals surface area (Å²) in [4.78, 5) is 17.0. The molecule has 0 spiro atoms. The Balaban J connectivity index is 1.85. The van der Waals surface area contributed by atoms with Gasteiger partial charge in [-0.1, -0.05) is 30.3 Å². The van der Waals surface area contributed by atoms with E-state index in [1.54, 1.807) is 6.07 Å². The molecule has 3 N–H and O–H groups in total. The number of nitrogens with zero attached hydrogens (tertiary/aromatic N) is 1. The number of aromatic nitrogens is 1. The van der Waals surface area contributed by atoms with E-state index in [9.17, 15) is 4.79 Å². The third-order valence-electron chi connectivity index (χ3n) is 3.67. The lowest BCUT2D eigenvalue weighted by Crippen LogP contribution is -2.33. The van der Waals surface area contributed by atoms with Gasteiger partial charge in [0.2, 0.25) is 0 Å². The SMILES string of the molecule is O=C(NCCNCCO)c1cccc2cc3ccccc3nc12. The second kappa shape index (κ2) is 7.17. The predicted octanol–water partition coefficient (Wildman–Crippen LogP) is 1.70. The van der Waals surface area contributed by atoms with Crippen molar-refractivity contribution < 1.29 is 9.90 Å². The van der Waals surface area contributed by atoms with Crippen LogP contribution in [0.5, 0.6) is 0 Å². The lowest BCUT2D eigenvalue weighted by molar-refractivity contribution is 0.0955. The molecule has 5 nitrogen and oxygen atoms in total. The van der Waals surface area contributed by atoms with Crippen molar-refractivity contribution in [2.45, 2.75) is 0 Å². The monoisotopic (exact) mass is 309 g/mol. The van der Waals surface area contributed by atoms with Gasteiger partial charge in [0.25, 0.3) is 5.91 Å². The van der Waals surface area contributed by atoms with Crippen LogP contribution in [-0.2, 0) is 0 Å². The Morgan fingerprint density at radius 1 is 1.00 bits per heavy atom. The lowest BCUT2D eigenvalue weighted by Gasteiger charge is -2.09. The van der Waals surface area contributed by atoms with Crippen molar-refractivity contribution in [1.29, 1.82) is 0 Å². The molecule has 3 aromatic rings. The van der Waals surface area contributed by atoms with Crippen LogP contribution in [-0.4, -0.2) is 42.2 Å². The van der Waals surface area contributed by atoms with Gasteiger partial charge in [0.15, 0.2) is 0 Å². The summed E-state index contributed by atoms with van der Waals surface area (Å²) in [5.41, 5.74) is 2.17. The molecule has 0 saturated carbocycles. The van der Waals surface area contributed by atoms with Crippen molar-refractivity contribution >= 4 is 27.7 Å². The van der Waals surface area contributed by atoms with Crippen LogP contribution in [0.3, 0.4) is 0 Å². The van der Waals surface area contributed by atoms with Gasteiger partial charge in [-0.05, 0) is 18.2 Å². The molecule has 0 fully saturated rings. The maximum absolute atomic E-state index is 12.4. The van der Waals surface area contributed by atoms with Crippen molar-refractivity contribution in [3.05, 3.63) is 54.1 Å². The maximum Gasteiger partial charge on any atom is 0.253 e. The molecule has 0 aliphatic rings. The number of fused-ring (bicyclic) bond motifs is 2. The van der Waals surface area contributed by atoms with Crippen LogP contribution in [0.15, 0.2) is 48.5 Å². The zero-order valence-corrected chi connectivity index (χ0v) is 12.7. The number of aliphatic hydroxyl groups is 1. The number of carbonyl (C=O) groups is 1. The highest BCUT2D eigenvalue weighted by molar-refractivity contribution is 6.07. The van der Waals surface area contributed by atoms with Crippen molar-refractivity contribution in [1.82, 2.24) is 15.6 Å². The second-order valence-electron chi connectivity index (χ2n) is 5.29. The van der Waals surface area contributed by atoms with Crippen LogP contribution in [0, 0.1) is 0 Å². The van der Waals surface area contributed by atoms with E-state index in [2.05, 4.69) is 21.7 Å². The molecule has 0 atom stereocenters. The molecule has 0 unspecified atom stereocenters. The predicted molar refractivity (Wildman–Crippen MR) is 91.5 cm³/mol. The molecule has 1 amide bonds. The minimum absolute atomic E-state index is 0.0915. The van der Waals surface area contributed by atoms with E-state index in [0.29, 0.717) is 30.7 Å². The summed E-state index contributed by atoms with van der Waals surface area (Å²) in [6.07, 6.45) is 0. The molecule has 0 bridgehead atoms. The number of hydrogen-bond donors (Lipinski definition) is 3. The first-order valence-corrected chi connectivity index (χ1v) is 7.68. The van der Waals surface area contributed by atoms with E-state index in [1.165, 1.54) is 0 Å². The number of amides is 1. The van der Waals surface area contributed by atoms with Gasteiger partial charge >= 0.3 is 0 Å². The van der Waals surface area contributed by atoms with Gasteiger partial charge in [0.1, 0.15) is 0 Å². The Bertz CT molecular complexity index is 833. The normalized spacial score (nSPS) is 11.0. The Hall–Kier alpha value is -2.50. The van der Waals surface area contributed by atoms with Crippen LogP contribution in [0.1, 0.15) is 10.4 Å². The number of pyridine rings is 1. The maximum atomic E-state index is 12.4. The van der Waals surface area contributed by atoms with Crippen LogP contribution in [0.4, 0.5) is 0 Å². The standard InChI is InChI=1S/C18H19N3O2/c22-11-10-19-8-9-20-18(23)15-6-3-5-14-12-13-4-1-2-7-16(13)21-17(14)15/h1-7,12,19,22H,8-11H2,(H,20,23). The number of rotatable bonds is 6. The smallest absolute Gasteiger partial charge is 0.253 e. The summed E-state index contributed by atoms with van der Waals surface area (Å²) >= 11 is 0. The third kappa shape index (κ3) is 3.47. The fraction of sp³-hybridized carbons (Fsp3) is 0.222. The summed E-state index contributed by atoms with van der Waals surface area (Å²) < 4.78 is 0. The molecule has 1 heterocycles. The molecular formula is C18H19N3O2. The zero-order valence-electron chi connectivity index (χ0n) is 12.7. The summed E-state index contributed by atoms with van der Waals surface area (Å²) in [6.45, 7) is 1.74. The molecule has 23 heavy (non-hydrogen) atoms. The van der Waals surface area contributed by atoms with Gasteiger partial charge in [-0.25, -0.2) is 4.98 Å². The van der Waals surface area contributed by atoms with Crippen LogP contribution in [0.25, 0.3) is 21.8 Å². The first-order chi connectivity index (χ1) is 11.3. The molecule has 0 aliphatic heterocycles. The van der Waals surface area contributed by atoms with Crippen molar-refractivity contribution in [3.63, 3.8) is 0 Å². The number of para-hydroxylation sites is 2. The van der Waals surface area contributed by atoms with Gasteiger partial charge in [-0.3, -0.25) is 4.79 Å². The number of benzene rings is 2. The molecule has 1 aromatic heterocycles. The molecule has 3 rings (SSSR count). The van der Waals surface area contributed by atoms with Gasteiger partial charge < -0.3 is 15.7 Å². The van der Waals surface area contributed by atoms with E-state index in [-0.39, 0.29) is 12.5 Å². The Morgan fingerprint density at radius 3 is 2.70 bits per heavy atom. The quantitative estimate of drug-likeness (QED) is 0.478. The third-order valence-corrected chi connectivity index (χ3v) is 3.67. The minimum Gasteiger partial charge on any atom is -0.395 e. The van der Waals surface area contributed by atoms with Gasteiger partial charge in [0, 0.05) is 30.4 Å². The highest BCUT2D eigenvalue weighted by Crippen LogP contribution is 2.22. The van der Waals surface area contributed by atoms with Crippen molar-refractivity contribution in [2.24, 2.45) is 0 Å². The number of aliphatic hydroxyl groups excluding tert-OH is 1. The van der Waals surface area contributed by atoms with Gasteiger partial charge in [-0.2, -0.15) is 0 Å². The lowest BCUT2D eigenvalue weighted by atomic mass is 10.1. The van der Waals surface area contributed by atoms with E-state index in [4.69, 9.17) is 5.11 Å². The van der Waals surface area contributed by atoms with E-state index in [0.717, 1.165) is 16.3 Å². The first kappa shape index (κ1) is 15.4. The Labute approximate surface area is 134 Å². The highest BCUT2D eigenvalue weighted by atomic mass is 16.3. The Morgan fingerprint density at radius 2 is 1.83 bits per heavy atom. The summed E-state index contributed by atoms with van der Waals surface area (Å²) in [7, 11) is 0. The van der Waals surface area contributed by atoms with E-state index < -0.39 is 0 Å². The zero-order chi connectivity index (χ0) is 16.1. The summed E-state index contributed by atoms with van der Waals surface area (Å²) in [5.74, 6) is -0.135. The summed E-state index contributed by atoms with van der Waals surface area (Å²) in [6, 6.07) is 15.6.